The van der Waals surface area contributed by atoms with Crippen molar-refractivity contribution < 1.29 is 9.90 Å². The lowest BCUT2D eigenvalue weighted by atomic mass is 9.92. The van der Waals surface area contributed by atoms with Crippen molar-refractivity contribution in [3.8, 4) is 0 Å². The number of allylic oxidation sites excluding steroid dienone is 2. The van der Waals surface area contributed by atoms with Crippen LogP contribution in [-0.2, 0) is 4.79 Å². The maximum Gasteiger partial charge on any atom is 0.226 e. The SMILES string of the molecule is CC(O)CCN(C)C(=O)C1CC2C=CC1C2. The lowest BCUT2D eigenvalue weighted by Crippen LogP contribution is -2.36. The molecule has 2 bridgehead atoms. The van der Waals surface area contributed by atoms with E-state index in [0.29, 0.717) is 24.8 Å². The first-order chi connectivity index (χ1) is 7.58. The first-order valence-corrected chi connectivity index (χ1v) is 6.19. The number of rotatable bonds is 4. The zero-order chi connectivity index (χ0) is 11.7. The van der Waals surface area contributed by atoms with E-state index in [0.717, 1.165) is 6.42 Å². The third-order valence-electron chi connectivity index (χ3n) is 3.85. The summed E-state index contributed by atoms with van der Waals surface area (Å²) in [5, 5.41) is 9.20. The zero-order valence-electron chi connectivity index (χ0n) is 10.1. The smallest absolute Gasteiger partial charge is 0.226 e. The average molecular weight is 223 g/mol. The van der Waals surface area contributed by atoms with E-state index in [1.54, 1.807) is 11.8 Å². The van der Waals surface area contributed by atoms with Crippen LogP contribution in [0.25, 0.3) is 0 Å². The van der Waals surface area contributed by atoms with Crippen molar-refractivity contribution in [3.63, 3.8) is 0 Å². The largest absolute Gasteiger partial charge is 0.393 e. The molecule has 4 atom stereocenters. The number of aliphatic hydroxyl groups is 1. The van der Waals surface area contributed by atoms with Crippen LogP contribution in [0.4, 0.5) is 0 Å². The second-order valence-electron chi connectivity index (χ2n) is 5.28. The molecular formula is C13H21NO2. The van der Waals surface area contributed by atoms with Gasteiger partial charge in [-0.3, -0.25) is 4.79 Å². The molecule has 0 aromatic rings. The minimum atomic E-state index is -0.324. The van der Waals surface area contributed by atoms with Crippen molar-refractivity contribution in [2.45, 2.75) is 32.3 Å². The highest BCUT2D eigenvalue weighted by molar-refractivity contribution is 5.79. The molecule has 4 unspecified atom stereocenters. The summed E-state index contributed by atoms with van der Waals surface area (Å²) in [6, 6.07) is 0. The number of hydrogen-bond acceptors (Lipinski definition) is 2. The lowest BCUT2D eigenvalue weighted by molar-refractivity contribution is -0.135. The van der Waals surface area contributed by atoms with Crippen LogP contribution < -0.4 is 0 Å². The molecule has 2 aliphatic rings. The molecule has 1 saturated carbocycles. The van der Waals surface area contributed by atoms with Crippen LogP contribution in [0.3, 0.4) is 0 Å². The molecule has 0 aromatic carbocycles. The Hall–Kier alpha value is -0.830. The number of carbonyl (C=O) groups excluding carboxylic acids is 1. The number of nitrogens with zero attached hydrogens (tertiary/aromatic N) is 1. The molecule has 1 N–H and O–H groups in total. The first-order valence-electron chi connectivity index (χ1n) is 6.19. The molecule has 0 saturated heterocycles. The van der Waals surface area contributed by atoms with Gasteiger partial charge in [0, 0.05) is 19.5 Å². The summed E-state index contributed by atoms with van der Waals surface area (Å²) in [6.45, 7) is 2.42. The topological polar surface area (TPSA) is 40.5 Å². The molecule has 0 radical (unpaired) electrons. The van der Waals surface area contributed by atoms with E-state index in [-0.39, 0.29) is 17.9 Å². The minimum Gasteiger partial charge on any atom is -0.393 e. The van der Waals surface area contributed by atoms with Gasteiger partial charge in [0.2, 0.25) is 5.91 Å². The summed E-state index contributed by atoms with van der Waals surface area (Å²) in [5.74, 6) is 1.59. The molecule has 0 aromatic heterocycles. The van der Waals surface area contributed by atoms with Gasteiger partial charge in [0.1, 0.15) is 0 Å². The predicted molar refractivity (Wildman–Crippen MR) is 62.8 cm³/mol. The van der Waals surface area contributed by atoms with Crippen molar-refractivity contribution in [1.82, 2.24) is 4.90 Å². The van der Waals surface area contributed by atoms with Crippen molar-refractivity contribution in [2.24, 2.45) is 17.8 Å². The number of amides is 1. The number of aliphatic hydroxyl groups excluding tert-OH is 1. The van der Waals surface area contributed by atoms with E-state index in [1.165, 1.54) is 6.42 Å². The Kier molecular flexibility index (Phi) is 3.33. The molecular weight excluding hydrogens is 202 g/mol. The Labute approximate surface area is 97.1 Å². The van der Waals surface area contributed by atoms with E-state index in [1.807, 2.05) is 7.05 Å². The van der Waals surface area contributed by atoms with Gasteiger partial charge in [-0.25, -0.2) is 0 Å². The van der Waals surface area contributed by atoms with Crippen LogP contribution in [0.1, 0.15) is 26.2 Å². The second-order valence-corrected chi connectivity index (χ2v) is 5.28. The van der Waals surface area contributed by atoms with Gasteiger partial charge in [-0.2, -0.15) is 0 Å². The Bertz CT molecular complexity index is 298. The van der Waals surface area contributed by atoms with Gasteiger partial charge >= 0.3 is 0 Å². The van der Waals surface area contributed by atoms with Crippen LogP contribution in [0, 0.1) is 17.8 Å². The van der Waals surface area contributed by atoms with Crippen LogP contribution in [0.5, 0.6) is 0 Å². The molecule has 3 nitrogen and oxygen atoms in total. The summed E-state index contributed by atoms with van der Waals surface area (Å²) < 4.78 is 0. The molecule has 0 spiro atoms. The lowest BCUT2D eigenvalue weighted by Gasteiger charge is -2.25. The molecule has 3 heteroatoms. The van der Waals surface area contributed by atoms with Gasteiger partial charge in [-0.1, -0.05) is 12.2 Å². The monoisotopic (exact) mass is 223 g/mol. The fourth-order valence-corrected chi connectivity index (χ4v) is 2.84. The van der Waals surface area contributed by atoms with Crippen LogP contribution >= 0.6 is 0 Å². The molecule has 2 aliphatic carbocycles. The van der Waals surface area contributed by atoms with Crippen molar-refractivity contribution in [2.75, 3.05) is 13.6 Å². The quantitative estimate of drug-likeness (QED) is 0.732. The van der Waals surface area contributed by atoms with E-state index in [4.69, 9.17) is 0 Å². The summed E-state index contributed by atoms with van der Waals surface area (Å²) >= 11 is 0. The Morgan fingerprint density at radius 2 is 2.25 bits per heavy atom. The summed E-state index contributed by atoms with van der Waals surface area (Å²) in [5.41, 5.74) is 0. The van der Waals surface area contributed by atoms with Gasteiger partial charge in [-0.15, -0.1) is 0 Å². The molecule has 90 valence electrons. The average Bonchev–Trinajstić information content (AvgIpc) is 2.86. The molecule has 1 fully saturated rings. The highest BCUT2D eigenvalue weighted by Crippen LogP contribution is 2.43. The highest BCUT2D eigenvalue weighted by Gasteiger charge is 2.40. The molecule has 1 amide bonds. The molecule has 0 aliphatic heterocycles. The summed E-state index contributed by atoms with van der Waals surface area (Å²) in [6.07, 6.45) is 7.00. The maximum absolute atomic E-state index is 12.2. The van der Waals surface area contributed by atoms with Gasteiger partial charge < -0.3 is 10.0 Å². The molecule has 2 rings (SSSR count). The Morgan fingerprint density at radius 1 is 1.50 bits per heavy atom. The fraction of sp³-hybridized carbons (Fsp3) is 0.769. The number of fused-ring (bicyclic) bond motifs is 2. The van der Waals surface area contributed by atoms with Gasteiger partial charge in [-0.05, 0) is 38.0 Å². The van der Waals surface area contributed by atoms with Gasteiger partial charge in [0.05, 0.1) is 6.10 Å². The number of hydrogen-bond donors (Lipinski definition) is 1. The Morgan fingerprint density at radius 3 is 2.75 bits per heavy atom. The third-order valence-corrected chi connectivity index (χ3v) is 3.85. The van der Waals surface area contributed by atoms with Crippen molar-refractivity contribution in [3.05, 3.63) is 12.2 Å². The van der Waals surface area contributed by atoms with E-state index >= 15 is 0 Å². The Balaban J connectivity index is 1.85. The number of carbonyl (C=O) groups is 1. The minimum absolute atomic E-state index is 0.203. The van der Waals surface area contributed by atoms with Crippen LogP contribution in [0.2, 0.25) is 0 Å². The standard InChI is InChI=1S/C13H21NO2/c1-9(15)5-6-14(2)13(16)12-8-10-3-4-11(12)7-10/h3-4,9-12,15H,5-8H2,1-2H3. The van der Waals surface area contributed by atoms with E-state index in [2.05, 4.69) is 12.2 Å². The van der Waals surface area contributed by atoms with E-state index < -0.39 is 0 Å². The van der Waals surface area contributed by atoms with Gasteiger partial charge in [0.25, 0.3) is 0 Å². The first kappa shape index (κ1) is 11.6. The fourth-order valence-electron chi connectivity index (χ4n) is 2.84. The predicted octanol–water partition coefficient (Wildman–Crippen LogP) is 1.43. The highest BCUT2D eigenvalue weighted by atomic mass is 16.3. The zero-order valence-corrected chi connectivity index (χ0v) is 10.1. The normalized spacial score (nSPS) is 33.1. The van der Waals surface area contributed by atoms with Crippen LogP contribution in [0.15, 0.2) is 12.2 Å². The van der Waals surface area contributed by atoms with Crippen LogP contribution in [-0.4, -0.2) is 35.6 Å². The van der Waals surface area contributed by atoms with Crippen molar-refractivity contribution in [1.29, 1.82) is 0 Å². The second kappa shape index (κ2) is 4.58. The third kappa shape index (κ3) is 2.29. The summed E-state index contributed by atoms with van der Waals surface area (Å²) in [7, 11) is 1.85. The van der Waals surface area contributed by atoms with E-state index in [9.17, 15) is 9.90 Å². The molecule has 0 heterocycles. The maximum atomic E-state index is 12.2. The molecule has 16 heavy (non-hydrogen) atoms. The summed E-state index contributed by atoms with van der Waals surface area (Å²) in [4.78, 5) is 13.9. The van der Waals surface area contributed by atoms with Gasteiger partial charge in [0.15, 0.2) is 0 Å². The van der Waals surface area contributed by atoms with Crippen molar-refractivity contribution >= 4 is 5.91 Å².